The van der Waals surface area contributed by atoms with Gasteiger partial charge in [0, 0.05) is 16.5 Å². The lowest BCUT2D eigenvalue weighted by atomic mass is 10.1. The van der Waals surface area contributed by atoms with Crippen LogP contribution in [0.25, 0.3) is 0 Å². The number of halogens is 3. The summed E-state index contributed by atoms with van der Waals surface area (Å²) in [6.45, 7) is -0.388. The van der Waals surface area contributed by atoms with Gasteiger partial charge in [-0.15, -0.1) is 0 Å². The van der Waals surface area contributed by atoms with E-state index in [9.17, 15) is 8.78 Å². The molecule has 0 bridgehead atoms. The second kappa shape index (κ2) is 4.65. The van der Waals surface area contributed by atoms with Crippen molar-refractivity contribution >= 4 is 21.7 Å². The van der Waals surface area contributed by atoms with Gasteiger partial charge in [0.1, 0.15) is 5.82 Å². The van der Waals surface area contributed by atoms with Gasteiger partial charge in [-0.2, -0.15) is 0 Å². The summed E-state index contributed by atoms with van der Waals surface area (Å²) in [6, 6.07) is 1.18. The van der Waals surface area contributed by atoms with Gasteiger partial charge in [-0.3, -0.25) is 0 Å². The van der Waals surface area contributed by atoms with Crippen LogP contribution in [-0.2, 0) is 11.9 Å². The summed E-state index contributed by atoms with van der Waals surface area (Å²) in [7, 11) is 0. The van der Waals surface area contributed by atoms with E-state index in [1.165, 1.54) is 6.07 Å². The highest BCUT2D eigenvalue weighted by Crippen LogP contribution is 2.26. The fraction of sp³-hybridized carbons (Fsp3) is 0.375. The topological polar surface area (TPSA) is 59.1 Å². The summed E-state index contributed by atoms with van der Waals surface area (Å²) in [6.07, 6.45) is -2.61. The molecule has 1 aromatic rings. The third-order valence-electron chi connectivity index (χ3n) is 1.78. The zero-order valence-electron chi connectivity index (χ0n) is 7.17. The van der Waals surface area contributed by atoms with Gasteiger partial charge in [-0.05, 0) is 6.07 Å². The monoisotopic (exact) mass is 266 g/mol. The van der Waals surface area contributed by atoms with E-state index in [2.05, 4.69) is 20.9 Å². The molecule has 0 fully saturated rings. The van der Waals surface area contributed by atoms with Crippen molar-refractivity contribution in [1.82, 2.24) is 4.98 Å². The maximum Gasteiger partial charge on any atom is 0.265 e. The van der Waals surface area contributed by atoms with Gasteiger partial charge in [0.05, 0.1) is 12.3 Å². The van der Waals surface area contributed by atoms with Crippen LogP contribution in [0.4, 0.5) is 14.6 Å². The number of aliphatic hydroxyl groups excluding tert-OH is 1. The largest absolute Gasteiger partial charge is 0.392 e. The van der Waals surface area contributed by atoms with Gasteiger partial charge in [0.2, 0.25) is 0 Å². The highest BCUT2D eigenvalue weighted by molar-refractivity contribution is 9.08. The maximum absolute atomic E-state index is 12.5. The van der Waals surface area contributed by atoms with Crippen molar-refractivity contribution in [2.24, 2.45) is 0 Å². The number of pyridine rings is 1. The molecule has 0 aromatic carbocycles. The van der Waals surface area contributed by atoms with E-state index in [1.54, 1.807) is 0 Å². The molecule has 0 radical (unpaired) electrons. The third-order valence-corrected chi connectivity index (χ3v) is 2.31. The predicted molar refractivity (Wildman–Crippen MR) is 52.2 cm³/mol. The molecule has 0 atom stereocenters. The van der Waals surface area contributed by atoms with Crippen molar-refractivity contribution in [3.8, 4) is 0 Å². The Bertz CT molecular complexity index is 333. The molecule has 1 heterocycles. The van der Waals surface area contributed by atoms with Gasteiger partial charge in [-0.1, -0.05) is 15.9 Å². The highest BCUT2D eigenvalue weighted by Gasteiger charge is 2.16. The highest BCUT2D eigenvalue weighted by atomic mass is 79.9. The van der Waals surface area contributed by atoms with Crippen molar-refractivity contribution < 1.29 is 13.9 Å². The van der Waals surface area contributed by atoms with E-state index >= 15 is 0 Å². The van der Waals surface area contributed by atoms with Crippen LogP contribution < -0.4 is 5.73 Å². The number of hydrogen-bond donors (Lipinski definition) is 2. The summed E-state index contributed by atoms with van der Waals surface area (Å²) in [5.74, 6) is 0.0892. The Kier molecular flexibility index (Phi) is 3.77. The predicted octanol–water partition coefficient (Wildman–Crippen LogP) is 1.99. The van der Waals surface area contributed by atoms with Crippen LogP contribution in [-0.4, -0.2) is 10.1 Å². The Morgan fingerprint density at radius 3 is 2.64 bits per heavy atom. The Hall–Kier alpha value is -0.750. The number of aliphatic hydroxyl groups is 1. The number of alkyl halides is 3. The minimum Gasteiger partial charge on any atom is -0.392 e. The Morgan fingerprint density at radius 1 is 1.57 bits per heavy atom. The first kappa shape index (κ1) is 11.3. The average molecular weight is 267 g/mol. The lowest BCUT2D eigenvalue weighted by Gasteiger charge is -2.09. The van der Waals surface area contributed by atoms with E-state index in [4.69, 9.17) is 10.8 Å². The molecule has 3 nitrogen and oxygen atoms in total. The molecule has 0 saturated heterocycles. The Balaban J connectivity index is 3.25. The summed E-state index contributed by atoms with van der Waals surface area (Å²) in [5, 5.41) is 9.02. The zero-order chi connectivity index (χ0) is 10.7. The van der Waals surface area contributed by atoms with Crippen LogP contribution >= 0.6 is 15.9 Å². The lowest BCUT2D eigenvalue weighted by Crippen LogP contribution is -2.04. The van der Waals surface area contributed by atoms with Gasteiger partial charge < -0.3 is 10.8 Å². The van der Waals surface area contributed by atoms with Crippen LogP contribution in [0.5, 0.6) is 0 Å². The SMILES string of the molecule is Nc1nc(CBr)c(C(F)F)cc1CO. The van der Waals surface area contributed by atoms with E-state index in [0.29, 0.717) is 0 Å². The van der Waals surface area contributed by atoms with Crippen molar-refractivity contribution in [2.75, 3.05) is 5.73 Å². The average Bonchev–Trinajstić information content (AvgIpc) is 2.16. The Morgan fingerprint density at radius 2 is 2.21 bits per heavy atom. The third kappa shape index (κ3) is 2.19. The number of hydrogen-bond acceptors (Lipinski definition) is 3. The summed E-state index contributed by atoms with van der Waals surface area (Å²) >= 11 is 3.04. The molecule has 0 aliphatic rings. The molecular weight excluding hydrogens is 258 g/mol. The molecule has 1 rings (SSSR count). The molecule has 78 valence electrons. The van der Waals surface area contributed by atoms with E-state index in [-0.39, 0.29) is 34.6 Å². The molecule has 0 aliphatic carbocycles. The smallest absolute Gasteiger partial charge is 0.265 e. The zero-order valence-corrected chi connectivity index (χ0v) is 8.76. The molecule has 1 aromatic heterocycles. The number of nitrogens with zero attached hydrogens (tertiary/aromatic N) is 1. The molecule has 0 saturated carbocycles. The quantitative estimate of drug-likeness (QED) is 0.823. The van der Waals surface area contributed by atoms with E-state index in [1.807, 2.05) is 0 Å². The first-order valence-electron chi connectivity index (χ1n) is 3.83. The number of nitrogens with two attached hydrogens (primary N) is 1. The van der Waals surface area contributed by atoms with Crippen LogP contribution in [0.15, 0.2) is 6.07 Å². The maximum atomic E-state index is 12.5. The molecule has 14 heavy (non-hydrogen) atoms. The fourth-order valence-corrected chi connectivity index (χ4v) is 1.50. The minimum atomic E-state index is -2.61. The van der Waals surface area contributed by atoms with Gasteiger partial charge in [0.25, 0.3) is 6.43 Å². The molecule has 3 N–H and O–H groups in total. The van der Waals surface area contributed by atoms with Crippen molar-refractivity contribution in [1.29, 1.82) is 0 Å². The molecular formula is C8H9BrF2N2O. The van der Waals surface area contributed by atoms with Crippen LogP contribution in [0.2, 0.25) is 0 Å². The number of nitrogen functional groups attached to an aromatic ring is 1. The van der Waals surface area contributed by atoms with Crippen LogP contribution in [0.1, 0.15) is 23.2 Å². The van der Waals surface area contributed by atoms with Gasteiger partial charge in [0.15, 0.2) is 0 Å². The number of anilines is 1. The Labute approximate surface area is 88.1 Å². The molecule has 0 unspecified atom stereocenters. The van der Waals surface area contributed by atoms with Gasteiger partial charge >= 0.3 is 0 Å². The van der Waals surface area contributed by atoms with E-state index in [0.717, 1.165) is 0 Å². The number of rotatable bonds is 3. The minimum absolute atomic E-state index is 0.0892. The molecule has 6 heteroatoms. The van der Waals surface area contributed by atoms with Crippen LogP contribution in [0, 0.1) is 0 Å². The van der Waals surface area contributed by atoms with Crippen molar-refractivity contribution in [2.45, 2.75) is 18.4 Å². The standard InChI is InChI=1S/C8H9BrF2N2O/c9-2-6-5(7(10)11)1-4(3-14)8(12)13-6/h1,7,14H,2-3H2,(H2,12,13). The first-order valence-corrected chi connectivity index (χ1v) is 4.95. The van der Waals surface area contributed by atoms with Crippen molar-refractivity contribution in [3.63, 3.8) is 0 Å². The second-order valence-corrected chi connectivity index (χ2v) is 3.22. The molecule has 0 aliphatic heterocycles. The summed E-state index contributed by atoms with van der Waals surface area (Å²) in [4.78, 5) is 3.77. The van der Waals surface area contributed by atoms with E-state index < -0.39 is 6.43 Å². The second-order valence-electron chi connectivity index (χ2n) is 2.66. The van der Waals surface area contributed by atoms with Gasteiger partial charge in [-0.25, -0.2) is 13.8 Å². The normalized spacial score (nSPS) is 10.9. The summed E-state index contributed by atoms with van der Waals surface area (Å²) < 4.78 is 25.0. The summed E-state index contributed by atoms with van der Waals surface area (Å²) in [5.41, 5.74) is 5.68. The fourth-order valence-electron chi connectivity index (χ4n) is 1.05. The molecule has 0 amide bonds. The van der Waals surface area contributed by atoms with Crippen molar-refractivity contribution in [3.05, 3.63) is 22.9 Å². The van der Waals surface area contributed by atoms with Crippen LogP contribution in [0.3, 0.4) is 0 Å². The number of aromatic nitrogens is 1. The first-order chi connectivity index (χ1) is 6.60. The lowest BCUT2D eigenvalue weighted by molar-refractivity contribution is 0.149. The molecule has 0 spiro atoms.